The second-order valence-electron chi connectivity index (χ2n) is 5.60. The zero-order chi connectivity index (χ0) is 17.0. The SMILES string of the molecule is O=C(O)c1cn2c3c(c(F)c(F)cc3c1=O)SC(N1CCCC1)=N2. The van der Waals surface area contributed by atoms with Gasteiger partial charge in [-0.15, -0.1) is 5.10 Å². The van der Waals surface area contributed by atoms with Crippen molar-refractivity contribution in [1.82, 2.24) is 9.58 Å². The van der Waals surface area contributed by atoms with E-state index in [0.717, 1.165) is 50.0 Å². The Bertz CT molecular complexity index is 980. The number of pyridine rings is 1. The minimum absolute atomic E-state index is 0.0454. The molecular formula is C15H11F2N3O3S. The summed E-state index contributed by atoms with van der Waals surface area (Å²) >= 11 is 0.964. The number of thioether (sulfide) groups is 1. The van der Waals surface area contributed by atoms with Gasteiger partial charge in [0.2, 0.25) is 5.43 Å². The molecule has 1 N–H and O–H groups in total. The van der Waals surface area contributed by atoms with Crippen molar-refractivity contribution in [1.29, 1.82) is 0 Å². The van der Waals surface area contributed by atoms with E-state index >= 15 is 0 Å². The summed E-state index contributed by atoms with van der Waals surface area (Å²) in [5.41, 5.74) is -1.29. The molecule has 1 aromatic carbocycles. The van der Waals surface area contributed by atoms with Gasteiger partial charge in [0.25, 0.3) is 0 Å². The maximum Gasteiger partial charge on any atom is 0.341 e. The number of carboxylic acid groups (broad SMARTS) is 1. The van der Waals surface area contributed by atoms with Crippen molar-refractivity contribution in [2.75, 3.05) is 13.1 Å². The summed E-state index contributed by atoms with van der Waals surface area (Å²) in [6.07, 6.45) is 3.00. The van der Waals surface area contributed by atoms with Crippen LogP contribution in [-0.4, -0.2) is 38.9 Å². The summed E-state index contributed by atoms with van der Waals surface area (Å²) < 4.78 is 29.4. The largest absolute Gasteiger partial charge is 0.477 e. The van der Waals surface area contributed by atoms with Crippen molar-refractivity contribution in [2.45, 2.75) is 17.7 Å². The Hall–Kier alpha value is -2.42. The van der Waals surface area contributed by atoms with Gasteiger partial charge in [-0.2, -0.15) is 0 Å². The van der Waals surface area contributed by atoms with E-state index in [-0.39, 0.29) is 15.8 Å². The van der Waals surface area contributed by atoms with Gasteiger partial charge >= 0.3 is 5.97 Å². The lowest BCUT2D eigenvalue weighted by Crippen LogP contribution is -2.29. The number of benzene rings is 1. The Morgan fingerprint density at radius 2 is 2.00 bits per heavy atom. The molecule has 0 radical (unpaired) electrons. The number of likely N-dealkylation sites (tertiary alicyclic amines) is 1. The molecule has 124 valence electrons. The first-order valence-corrected chi connectivity index (χ1v) is 8.11. The van der Waals surface area contributed by atoms with Crippen molar-refractivity contribution in [3.63, 3.8) is 0 Å². The summed E-state index contributed by atoms with van der Waals surface area (Å²) in [5, 5.41) is 13.8. The van der Waals surface area contributed by atoms with Crippen LogP contribution in [0.5, 0.6) is 0 Å². The van der Waals surface area contributed by atoms with Crippen LogP contribution in [0.2, 0.25) is 0 Å². The first-order chi connectivity index (χ1) is 11.5. The Balaban J connectivity index is 2.05. The highest BCUT2D eigenvalue weighted by Crippen LogP contribution is 2.37. The third kappa shape index (κ3) is 2.11. The standard InChI is InChI=1S/C15H11F2N3O3S/c16-9-5-7-11-13(10(9)17)24-15(19-3-1-2-4-19)18-20(11)6-8(12(7)21)14(22)23/h5-6H,1-4H2,(H,22,23). The van der Waals surface area contributed by atoms with Gasteiger partial charge in [-0.3, -0.25) is 4.79 Å². The van der Waals surface area contributed by atoms with E-state index in [4.69, 9.17) is 0 Å². The fourth-order valence-electron chi connectivity index (χ4n) is 2.95. The van der Waals surface area contributed by atoms with E-state index < -0.39 is 28.6 Å². The number of aromatic carboxylic acids is 1. The van der Waals surface area contributed by atoms with Gasteiger partial charge in [0.1, 0.15) is 5.56 Å². The first kappa shape index (κ1) is 15.1. The Kier molecular flexibility index (Phi) is 3.34. The van der Waals surface area contributed by atoms with Crippen molar-refractivity contribution >= 4 is 33.8 Å². The summed E-state index contributed by atoms with van der Waals surface area (Å²) in [4.78, 5) is 25.4. The summed E-state index contributed by atoms with van der Waals surface area (Å²) in [6.45, 7) is 1.49. The molecule has 2 aliphatic heterocycles. The second-order valence-corrected chi connectivity index (χ2v) is 6.58. The molecule has 3 heterocycles. The maximum absolute atomic E-state index is 14.3. The molecule has 0 bridgehead atoms. The molecule has 1 saturated heterocycles. The van der Waals surface area contributed by atoms with Crippen LogP contribution in [0.15, 0.2) is 27.1 Å². The van der Waals surface area contributed by atoms with Gasteiger partial charge in [-0.05, 0) is 30.7 Å². The number of nitrogens with zero attached hydrogens (tertiary/aromatic N) is 3. The molecule has 9 heteroatoms. The first-order valence-electron chi connectivity index (χ1n) is 7.30. The van der Waals surface area contributed by atoms with Gasteiger partial charge < -0.3 is 10.0 Å². The number of hydrogen-bond donors (Lipinski definition) is 1. The molecule has 24 heavy (non-hydrogen) atoms. The molecule has 0 unspecified atom stereocenters. The molecule has 2 aromatic rings. The quantitative estimate of drug-likeness (QED) is 0.853. The van der Waals surface area contributed by atoms with Crippen LogP contribution in [0.4, 0.5) is 8.78 Å². The summed E-state index contributed by atoms with van der Waals surface area (Å²) in [5.74, 6) is -3.68. The smallest absolute Gasteiger partial charge is 0.341 e. The van der Waals surface area contributed by atoms with Gasteiger partial charge in [-0.25, -0.2) is 18.3 Å². The van der Waals surface area contributed by atoms with E-state index in [9.17, 15) is 23.5 Å². The number of aromatic nitrogens is 1. The summed E-state index contributed by atoms with van der Waals surface area (Å²) in [7, 11) is 0. The van der Waals surface area contributed by atoms with Crippen LogP contribution in [-0.2, 0) is 0 Å². The molecule has 0 spiro atoms. The number of hydrogen-bond acceptors (Lipinski definition) is 5. The lowest BCUT2D eigenvalue weighted by Gasteiger charge is -2.24. The molecule has 4 rings (SSSR count). The monoisotopic (exact) mass is 351 g/mol. The van der Waals surface area contributed by atoms with Crippen LogP contribution in [0.3, 0.4) is 0 Å². The van der Waals surface area contributed by atoms with Crippen molar-refractivity contribution < 1.29 is 18.7 Å². The molecule has 1 fully saturated rings. The Labute approximate surface area is 138 Å². The van der Waals surface area contributed by atoms with Crippen molar-refractivity contribution in [3.05, 3.63) is 39.7 Å². The van der Waals surface area contributed by atoms with E-state index in [1.165, 1.54) is 4.68 Å². The Morgan fingerprint density at radius 3 is 2.67 bits per heavy atom. The topological polar surface area (TPSA) is 74.9 Å². The van der Waals surface area contributed by atoms with Crippen LogP contribution >= 0.6 is 11.8 Å². The van der Waals surface area contributed by atoms with E-state index in [1.54, 1.807) is 0 Å². The number of amidine groups is 1. The number of carboxylic acids is 1. The lowest BCUT2D eigenvalue weighted by atomic mass is 10.1. The maximum atomic E-state index is 14.3. The van der Waals surface area contributed by atoms with Gasteiger partial charge in [0.05, 0.1) is 15.8 Å². The number of carbonyl (C=O) groups is 1. The predicted molar refractivity (Wildman–Crippen MR) is 84.6 cm³/mol. The predicted octanol–water partition coefficient (Wildman–Crippen LogP) is 2.30. The minimum Gasteiger partial charge on any atom is -0.477 e. The van der Waals surface area contributed by atoms with Gasteiger partial charge in [0.15, 0.2) is 16.8 Å². The minimum atomic E-state index is -1.44. The molecule has 0 amide bonds. The van der Waals surface area contributed by atoms with Crippen LogP contribution < -0.4 is 5.43 Å². The number of rotatable bonds is 1. The van der Waals surface area contributed by atoms with Gasteiger partial charge in [-0.1, -0.05) is 0 Å². The van der Waals surface area contributed by atoms with Crippen LogP contribution in [0.1, 0.15) is 23.2 Å². The zero-order valence-corrected chi connectivity index (χ0v) is 13.1. The van der Waals surface area contributed by atoms with Crippen LogP contribution in [0.25, 0.3) is 10.9 Å². The molecular weight excluding hydrogens is 340 g/mol. The normalized spacial score (nSPS) is 16.6. The fraction of sp³-hybridized carbons (Fsp3) is 0.267. The van der Waals surface area contributed by atoms with E-state index in [2.05, 4.69) is 5.10 Å². The lowest BCUT2D eigenvalue weighted by molar-refractivity contribution is 0.0695. The molecule has 0 aliphatic carbocycles. The zero-order valence-electron chi connectivity index (χ0n) is 12.3. The third-order valence-corrected chi connectivity index (χ3v) is 5.21. The number of halogens is 2. The molecule has 1 aromatic heterocycles. The van der Waals surface area contributed by atoms with E-state index in [0.29, 0.717) is 5.17 Å². The molecule has 6 nitrogen and oxygen atoms in total. The van der Waals surface area contributed by atoms with Crippen molar-refractivity contribution in [2.24, 2.45) is 5.10 Å². The average Bonchev–Trinajstić information content (AvgIpc) is 3.08. The fourth-order valence-corrected chi connectivity index (χ4v) is 4.06. The highest BCUT2D eigenvalue weighted by molar-refractivity contribution is 8.14. The average molecular weight is 351 g/mol. The second kappa shape index (κ2) is 5.30. The summed E-state index contributed by atoms with van der Waals surface area (Å²) in [6, 6.07) is 0.733. The molecule has 0 atom stereocenters. The van der Waals surface area contributed by atoms with Crippen LogP contribution in [0, 0.1) is 11.6 Å². The molecule has 2 aliphatic rings. The third-order valence-electron chi connectivity index (χ3n) is 4.11. The van der Waals surface area contributed by atoms with E-state index in [1.807, 2.05) is 4.90 Å². The Morgan fingerprint density at radius 1 is 1.29 bits per heavy atom. The highest BCUT2D eigenvalue weighted by Gasteiger charge is 2.29. The highest BCUT2D eigenvalue weighted by atomic mass is 32.2. The molecule has 0 saturated carbocycles. The van der Waals surface area contributed by atoms with Gasteiger partial charge in [0, 0.05) is 19.3 Å². The van der Waals surface area contributed by atoms with Crippen molar-refractivity contribution in [3.8, 4) is 0 Å².